The molecule has 210 valence electrons. The van der Waals surface area contributed by atoms with Gasteiger partial charge in [-0.2, -0.15) is 0 Å². The summed E-state index contributed by atoms with van der Waals surface area (Å²) in [6, 6.07) is 21.3. The minimum absolute atomic E-state index is 0.0636. The number of hydrogen-bond acceptors (Lipinski definition) is 5. The number of nitrogens with one attached hydrogen (secondary N) is 3. The van der Waals surface area contributed by atoms with E-state index in [0.717, 1.165) is 51.5 Å². The van der Waals surface area contributed by atoms with E-state index in [4.69, 9.17) is 0 Å². The van der Waals surface area contributed by atoms with Gasteiger partial charge < -0.3 is 25.8 Å². The zero-order valence-corrected chi connectivity index (χ0v) is 23.3. The molecule has 4 N–H and O–H groups in total. The number of benzene rings is 2. The van der Waals surface area contributed by atoms with E-state index in [-0.39, 0.29) is 31.1 Å². The van der Waals surface area contributed by atoms with Crippen LogP contribution in [0, 0.1) is 11.8 Å². The molecule has 0 spiro atoms. The Bertz CT molecular complexity index is 866. The van der Waals surface area contributed by atoms with Crippen LogP contribution in [-0.2, 0) is 16.0 Å². The number of aliphatic hydroxyl groups excluding tert-OH is 1. The van der Waals surface area contributed by atoms with Crippen LogP contribution in [0.5, 0.6) is 0 Å². The minimum Gasteiger partial charge on any atom is -0.453 e. The fourth-order valence-corrected chi connectivity index (χ4v) is 4.25. The second-order valence-electron chi connectivity index (χ2n) is 10.5. The lowest BCUT2D eigenvalue weighted by atomic mass is 10.0. The van der Waals surface area contributed by atoms with Crippen LogP contribution in [0.25, 0.3) is 0 Å². The van der Waals surface area contributed by atoms with E-state index in [2.05, 4.69) is 95.2 Å². The first-order valence-electron chi connectivity index (χ1n) is 13.9. The summed E-state index contributed by atoms with van der Waals surface area (Å²) in [4.78, 5) is 22.9. The summed E-state index contributed by atoms with van der Waals surface area (Å²) < 4.78 is 4.46. The Morgan fingerprint density at radius 1 is 0.947 bits per heavy atom. The molecule has 0 radical (unpaired) electrons. The molecule has 2 aromatic rings. The summed E-state index contributed by atoms with van der Waals surface area (Å²) in [5.74, 6) is 1.01. The van der Waals surface area contributed by atoms with Crippen molar-refractivity contribution >= 4 is 12.0 Å². The van der Waals surface area contributed by atoms with E-state index >= 15 is 0 Å². The minimum atomic E-state index is -0.601. The molecule has 2 amide bonds. The highest BCUT2D eigenvalue weighted by atomic mass is 16.5. The SMILES string of the molecule is COC(=O)NCC(=O)NC(CCCC(CO)NCCC(C)C)C1CC1.c1ccc(Cc2ccccc2)cc1. The summed E-state index contributed by atoms with van der Waals surface area (Å²) in [7, 11) is 1.27. The number of amides is 2. The molecule has 1 aliphatic rings. The zero-order chi connectivity index (χ0) is 27.6. The third-order valence-electron chi connectivity index (χ3n) is 6.65. The van der Waals surface area contributed by atoms with Gasteiger partial charge in [-0.1, -0.05) is 74.5 Å². The molecule has 0 saturated heterocycles. The molecule has 0 heterocycles. The lowest BCUT2D eigenvalue weighted by molar-refractivity contribution is -0.121. The third-order valence-corrected chi connectivity index (χ3v) is 6.65. The molecule has 7 heteroatoms. The van der Waals surface area contributed by atoms with Crippen molar-refractivity contribution in [1.29, 1.82) is 0 Å². The van der Waals surface area contributed by atoms with Crippen molar-refractivity contribution in [3.05, 3.63) is 71.8 Å². The Labute approximate surface area is 228 Å². The molecular formula is C31H47N3O4. The second kappa shape index (κ2) is 18.4. The van der Waals surface area contributed by atoms with Crippen LogP contribution in [0.4, 0.5) is 4.79 Å². The Morgan fingerprint density at radius 3 is 2.05 bits per heavy atom. The van der Waals surface area contributed by atoms with Gasteiger partial charge in [-0.15, -0.1) is 0 Å². The van der Waals surface area contributed by atoms with Crippen LogP contribution in [0.15, 0.2) is 60.7 Å². The maximum atomic E-state index is 11.9. The van der Waals surface area contributed by atoms with Gasteiger partial charge in [0.15, 0.2) is 0 Å². The number of methoxy groups -OCH3 is 1. The number of carbonyl (C=O) groups is 2. The third kappa shape index (κ3) is 14.1. The summed E-state index contributed by atoms with van der Waals surface area (Å²) >= 11 is 0. The first-order chi connectivity index (χ1) is 18.4. The number of ether oxygens (including phenoxy) is 1. The Kier molecular flexibility index (Phi) is 15.1. The van der Waals surface area contributed by atoms with Crippen molar-refractivity contribution in [2.24, 2.45) is 11.8 Å². The molecule has 38 heavy (non-hydrogen) atoms. The molecule has 2 aromatic carbocycles. The smallest absolute Gasteiger partial charge is 0.407 e. The van der Waals surface area contributed by atoms with Crippen LogP contribution in [0.2, 0.25) is 0 Å². The largest absolute Gasteiger partial charge is 0.453 e. The maximum absolute atomic E-state index is 11.9. The average Bonchev–Trinajstić information content (AvgIpc) is 3.77. The Morgan fingerprint density at radius 2 is 1.55 bits per heavy atom. The lowest BCUT2D eigenvalue weighted by Crippen LogP contribution is -2.43. The van der Waals surface area contributed by atoms with Gasteiger partial charge in [-0.25, -0.2) is 4.79 Å². The van der Waals surface area contributed by atoms with Crippen LogP contribution in [-0.4, -0.2) is 56.0 Å². The molecule has 1 aliphatic carbocycles. The van der Waals surface area contributed by atoms with E-state index in [1.807, 2.05) is 0 Å². The zero-order valence-electron chi connectivity index (χ0n) is 23.3. The van der Waals surface area contributed by atoms with Crippen LogP contribution < -0.4 is 16.0 Å². The van der Waals surface area contributed by atoms with Gasteiger partial charge in [0.2, 0.25) is 5.91 Å². The molecular weight excluding hydrogens is 478 g/mol. The second-order valence-corrected chi connectivity index (χ2v) is 10.5. The van der Waals surface area contributed by atoms with Crippen molar-refractivity contribution in [1.82, 2.24) is 16.0 Å². The monoisotopic (exact) mass is 525 g/mol. The summed E-state index contributed by atoms with van der Waals surface area (Å²) in [5.41, 5.74) is 2.74. The van der Waals surface area contributed by atoms with Crippen molar-refractivity contribution < 1.29 is 19.4 Å². The highest BCUT2D eigenvalue weighted by Gasteiger charge is 2.32. The van der Waals surface area contributed by atoms with Crippen molar-refractivity contribution in [2.45, 2.75) is 70.9 Å². The fraction of sp³-hybridized carbons (Fsp3) is 0.548. The molecule has 7 nitrogen and oxygen atoms in total. The van der Waals surface area contributed by atoms with E-state index in [1.54, 1.807) is 0 Å². The van der Waals surface area contributed by atoms with Gasteiger partial charge in [0.05, 0.1) is 13.7 Å². The molecule has 2 atom stereocenters. The number of alkyl carbamates (subject to hydrolysis) is 1. The molecule has 0 bridgehead atoms. The van der Waals surface area contributed by atoms with Gasteiger partial charge in [-0.05, 0) is 74.5 Å². The number of rotatable bonds is 15. The Balaban J connectivity index is 0.000000323. The summed E-state index contributed by atoms with van der Waals surface area (Å²) in [6.07, 6.45) is 6.57. The maximum Gasteiger partial charge on any atom is 0.407 e. The number of aliphatic hydroxyl groups is 1. The number of carbonyl (C=O) groups excluding carboxylic acids is 2. The number of hydrogen-bond donors (Lipinski definition) is 4. The van der Waals surface area contributed by atoms with E-state index in [0.29, 0.717) is 11.8 Å². The van der Waals surface area contributed by atoms with Crippen molar-refractivity contribution in [3.8, 4) is 0 Å². The van der Waals surface area contributed by atoms with Gasteiger partial charge in [0.1, 0.15) is 6.54 Å². The predicted molar refractivity (Wildman–Crippen MR) is 153 cm³/mol. The molecule has 1 saturated carbocycles. The van der Waals surface area contributed by atoms with Gasteiger partial charge in [0.25, 0.3) is 0 Å². The lowest BCUT2D eigenvalue weighted by Gasteiger charge is -2.21. The fourth-order valence-electron chi connectivity index (χ4n) is 4.25. The standard InChI is InChI=1S/C18H35N3O4.C13H12/c1-13(2)9-10-19-15(12-22)5-4-6-16(14-7-8-14)21-17(23)11-20-18(24)25-3;1-3-7-12(8-4-1)11-13-9-5-2-6-10-13/h13-16,19,22H,4-12H2,1-3H3,(H,20,24)(H,21,23);1-10H,11H2. The first kappa shape index (κ1) is 31.3. The highest BCUT2D eigenvalue weighted by Crippen LogP contribution is 2.34. The van der Waals surface area contributed by atoms with E-state index < -0.39 is 6.09 Å². The van der Waals surface area contributed by atoms with Crippen LogP contribution >= 0.6 is 0 Å². The Hall–Kier alpha value is -2.90. The van der Waals surface area contributed by atoms with Gasteiger partial charge >= 0.3 is 6.09 Å². The van der Waals surface area contributed by atoms with Gasteiger partial charge in [-0.3, -0.25) is 4.79 Å². The molecule has 3 rings (SSSR count). The van der Waals surface area contributed by atoms with Gasteiger partial charge in [0, 0.05) is 12.1 Å². The quantitative estimate of drug-likeness (QED) is 0.271. The summed E-state index contributed by atoms with van der Waals surface area (Å²) in [5, 5.41) is 18.3. The molecule has 2 unspecified atom stereocenters. The predicted octanol–water partition coefficient (Wildman–Crippen LogP) is 4.68. The van der Waals surface area contributed by atoms with Crippen LogP contribution in [0.1, 0.15) is 63.5 Å². The highest BCUT2D eigenvalue weighted by molar-refractivity contribution is 5.82. The topological polar surface area (TPSA) is 99.7 Å². The molecule has 0 aromatic heterocycles. The average molecular weight is 526 g/mol. The van der Waals surface area contributed by atoms with E-state index in [9.17, 15) is 14.7 Å². The normalized spacial score (nSPS) is 14.1. The summed E-state index contributed by atoms with van der Waals surface area (Å²) in [6.45, 7) is 5.37. The van der Waals surface area contributed by atoms with Crippen molar-refractivity contribution in [2.75, 3.05) is 26.8 Å². The molecule has 0 aliphatic heterocycles. The first-order valence-corrected chi connectivity index (χ1v) is 13.9. The van der Waals surface area contributed by atoms with Crippen LogP contribution in [0.3, 0.4) is 0 Å². The van der Waals surface area contributed by atoms with Crippen molar-refractivity contribution in [3.63, 3.8) is 0 Å². The molecule has 1 fully saturated rings. The van der Waals surface area contributed by atoms with E-state index in [1.165, 1.54) is 18.2 Å².